The van der Waals surface area contributed by atoms with E-state index in [0.717, 1.165) is 12.5 Å². The Morgan fingerprint density at radius 3 is 2.67 bits per heavy atom. The molecule has 2 saturated heterocycles. The van der Waals surface area contributed by atoms with Crippen molar-refractivity contribution in [3.8, 4) is 11.5 Å². The fourth-order valence-electron chi connectivity index (χ4n) is 5.14. The Kier molecular flexibility index (Phi) is 4.77. The maximum atomic E-state index is 13.6. The molecule has 4 heterocycles. The number of hydrogen-bond acceptors (Lipinski definition) is 6. The zero-order chi connectivity index (χ0) is 23.5. The van der Waals surface area contributed by atoms with Gasteiger partial charge in [0, 0.05) is 25.1 Å². The highest BCUT2D eigenvalue weighted by atomic mass is 19.4. The average Bonchev–Trinajstić information content (AvgIpc) is 3.35. The molecular formula is C22H22F3N5O3. The maximum absolute atomic E-state index is 13.6. The first kappa shape index (κ1) is 21.5. The van der Waals surface area contributed by atoms with Gasteiger partial charge in [0.25, 0.3) is 0 Å². The number of oxazole rings is 1. The summed E-state index contributed by atoms with van der Waals surface area (Å²) >= 11 is 0. The standard InChI is InChI=1S/C22H22F3N5O3/c1-11-6-15-9-21(8-11,19-29-28-13(3)33-19)30(15)20(31)27-14-4-5-17(22(23,24)25)16(7-14)18-26-12(2)10-32-18/h4-5,7,10-11,15H,6,8-9H2,1-3H3,(H,27,31)/t11-,15-,21?/m1/s1. The lowest BCUT2D eigenvalue weighted by Crippen LogP contribution is -2.70. The van der Waals surface area contributed by atoms with E-state index in [9.17, 15) is 18.0 Å². The molecule has 3 atom stereocenters. The van der Waals surface area contributed by atoms with E-state index in [2.05, 4.69) is 27.4 Å². The first-order valence-corrected chi connectivity index (χ1v) is 10.6. The molecule has 174 valence electrons. The second kappa shape index (κ2) is 7.32. The number of nitrogens with zero attached hydrogens (tertiary/aromatic N) is 4. The molecule has 1 N–H and O–H groups in total. The number of aryl methyl sites for hydroxylation is 2. The topological polar surface area (TPSA) is 97.3 Å². The van der Waals surface area contributed by atoms with Crippen LogP contribution in [0, 0.1) is 19.8 Å². The van der Waals surface area contributed by atoms with Crippen molar-refractivity contribution in [2.45, 2.75) is 57.8 Å². The molecule has 2 amide bonds. The summed E-state index contributed by atoms with van der Waals surface area (Å²) in [4.78, 5) is 19.0. The third-order valence-corrected chi connectivity index (χ3v) is 6.33. The molecule has 3 aromatic rings. The minimum Gasteiger partial charge on any atom is -0.444 e. The summed E-state index contributed by atoms with van der Waals surface area (Å²) in [6.45, 7) is 5.42. The number of carbonyl (C=O) groups is 1. The number of aromatic nitrogens is 3. The van der Waals surface area contributed by atoms with Crippen LogP contribution in [-0.4, -0.2) is 32.2 Å². The molecule has 8 nitrogen and oxygen atoms in total. The number of anilines is 1. The number of urea groups is 1. The van der Waals surface area contributed by atoms with Crippen molar-refractivity contribution in [2.24, 2.45) is 5.92 Å². The molecule has 2 aliphatic heterocycles. The quantitative estimate of drug-likeness (QED) is 0.569. The molecule has 0 radical (unpaired) electrons. The first-order chi connectivity index (χ1) is 15.6. The largest absolute Gasteiger partial charge is 0.444 e. The van der Waals surface area contributed by atoms with Gasteiger partial charge in [0.15, 0.2) is 0 Å². The van der Waals surface area contributed by atoms with Crippen molar-refractivity contribution in [3.05, 3.63) is 47.5 Å². The molecular weight excluding hydrogens is 439 g/mol. The van der Waals surface area contributed by atoms with E-state index in [1.54, 1.807) is 18.7 Å². The van der Waals surface area contributed by atoms with Crippen molar-refractivity contribution in [2.75, 3.05) is 5.32 Å². The zero-order valence-electron chi connectivity index (χ0n) is 18.2. The van der Waals surface area contributed by atoms with Crippen LogP contribution >= 0.6 is 0 Å². The van der Waals surface area contributed by atoms with Gasteiger partial charge in [-0.05, 0) is 43.9 Å². The van der Waals surface area contributed by atoms with E-state index in [4.69, 9.17) is 8.83 Å². The first-order valence-electron chi connectivity index (χ1n) is 10.6. The van der Waals surface area contributed by atoms with E-state index in [0.29, 0.717) is 36.2 Å². The van der Waals surface area contributed by atoms with Crippen LogP contribution < -0.4 is 5.32 Å². The lowest BCUT2D eigenvalue weighted by Gasteiger charge is -2.61. The molecule has 2 bridgehead atoms. The lowest BCUT2D eigenvalue weighted by molar-refractivity contribution is -0.137. The normalized spacial score (nSPS) is 24.5. The summed E-state index contributed by atoms with van der Waals surface area (Å²) in [6.07, 6.45) is -1.12. The summed E-state index contributed by atoms with van der Waals surface area (Å²) in [5, 5.41) is 10.8. The Bertz CT molecular complexity index is 1220. The third-order valence-electron chi connectivity index (χ3n) is 6.33. The van der Waals surface area contributed by atoms with E-state index in [1.807, 2.05) is 0 Å². The van der Waals surface area contributed by atoms with Gasteiger partial charge < -0.3 is 19.1 Å². The van der Waals surface area contributed by atoms with E-state index < -0.39 is 23.3 Å². The SMILES string of the molecule is Cc1coc(-c2cc(NC(=O)N3[C@@H]4C[C@@H](C)CC3(c3nnc(C)o3)C4)ccc2C(F)(F)F)n1. The van der Waals surface area contributed by atoms with Crippen LogP contribution in [0.4, 0.5) is 23.7 Å². The van der Waals surface area contributed by atoms with Gasteiger partial charge in [-0.1, -0.05) is 6.92 Å². The molecule has 2 aromatic heterocycles. The monoisotopic (exact) mass is 461 g/mol. The van der Waals surface area contributed by atoms with Gasteiger partial charge in [0.05, 0.1) is 16.8 Å². The summed E-state index contributed by atoms with van der Waals surface area (Å²) < 4.78 is 51.6. The fourth-order valence-corrected chi connectivity index (χ4v) is 5.14. The molecule has 1 unspecified atom stereocenters. The number of benzene rings is 1. The van der Waals surface area contributed by atoms with Crippen molar-refractivity contribution in [1.29, 1.82) is 0 Å². The number of piperidine rings is 1. The van der Waals surface area contributed by atoms with Crippen molar-refractivity contribution < 1.29 is 26.8 Å². The van der Waals surface area contributed by atoms with Crippen LogP contribution in [-0.2, 0) is 11.7 Å². The van der Waals surface area contributed by atoms with Crippen LogP contribution in [0.1, 0.15) is 49.2 Å². The van der Waals surface area contributed by atoms with Crippen LogP contribution in [0.5, 0.6) is 0 Å². The molecule has 5 rings (SSSR count). The second-order valence-corrected chi connectivity index (χ2v) is 8.91. The summed E-state index contributed by atoms with van der Waals surface area (Å²) in [7, 11) is 0. The van der Waals surface area contributed by atoms with Gasteiger partial charge in [0.2, 0.25) is 17.7 Å². The minimum absolute atomic E-state index is 0.00994. The van der Waals surface area contributed by atoms with Gasteiger partial charge >= 0.3 is 12.2 Å². The molecule has 0 saturated carbocycles. The van der Waals surface area contributed by atoms with E-state index >= 15 is 0 Å². The Morgan fingerprint density at radius 2 is 2.03 bits per heavy atom. The maximum Gasteiger partial charge on any atom is 0.417 e. The minimum atomic E-state index is -4.61. The number of fused-ring (bicyclic) bond motifs is 2. The number of halogens is 3. The molecule has 2 aliphatic rings. The van der Waals surface area contributed by atoms with Crippen LogP contribution in [0.25, 0.3) is 11.5 Å². The van der Waals surface area contributed by atoms with Gasteiger partial charge in [0.1, 0.15) is 11.8 Å². The van der Waals surface area contributed by atoms with Crippen LogP contribution in [0.3, 0.4) is 0 Å². The average molecular weight is 461 g/mol. The smallest absolute Gasteiger partial charge is 0.417 e. The lowest BCUT2D eigenvalue weighted by atomic mass is 9.64. The molecule has 1 aromatic carbocycles. The van der Waals surface area contributed by atoms with Crippen molar-refractivity contribution >= 4 is 11.7 Å². The number of rotatable bonds is 3. The highest BCUT2D eigenvalue weighted by Crippen LogP contribution is 2.55. The fraction of sp³-hybridized carbons (Fsp3) is 0.455. The van der Waals surface area contributed by atoms with Gasteiger partial charge in [-0.2, -0.15) is 13.2 Å². The number of alkyl halides is 3. The Balaban J connectivity index is 1.46. The van der Waals surface area contributed by atoms with E-state index in [-0.39, 0.29) is 23.2 Å². The van der Waals surface area contributed by atoms with Crippen molar-refractivity contribution in [1.82, 2.24) is 20.1 Å². The summed E-state index contributed by atoms with van der Waals surface area (Å²) in [6, 6.07) is 2.93. The van der Waals surface area contributed by atoms with Gasteiger partial charge in [-0.15, -0.1) is 10.2 Å². The summed E-state index contributed by atoms with van der Waals surface area (Å²) in [5.74, 6) is 1.01. The Hall–Kier alpha value is -3.37. The second-order valence-electron chi connectivity index (χ2n) is 8.91. The Labute approximate surface area is 187 Å². The number of hydrogen-bond donors (Lipinski definition) is 1. The highest BCUT2D eigenvalue weighted by molar-refractivity contribution is 5.92. The molecule has 0 spiro atoms. The number of nitrogens with one attached hydrogen (secondary N) is 1. The molecule has 0 aliphatic carbocycles. The van der Waals surface area contributed by atoms with Crippen molar-refractivity contribution in [3.63, 3.8) is 0 Å². The van der Waals surface area contributed by atoms with E-state index in [1.165, 1.54) is 18.4 Å². The summed E-state index contributed by atoms with van der Waals surface area (Å²) in [5.41, 5.74) is -1.19. The molecule has 2 fully saturated rings. The van der Waals surface area contributed by atoms with Gasteiger partial charge in [-0.25, -0.2) is 9.78 Å². The number of carbonyl (C=O) groups excluding carboxylic acids is 1. The highest BCUT2D eigenvalue weighted by Gasteiger charge is 2.62. The molecule has 11 heteroatoms. The van der Waals surface area contributed by atoms with Crippen LogP contribution in [0.2, 0.25) is 0 Å². The third kappa shape index (κ3) is 3.55. The Morgan fingerprint density at radius 1 is 1.24 bits per heavy atom. The number of amides is 2. The van der Waals surface area contributed by atoms with Crippen LogP contribution in [0.15, 0.2) is 33.3 Å². The predicted molar refractivity (Wildman–Crippen MR) is 110 cm³/mol. The van der Waals surface area contributed by atoms with Gasteiger partial charge in [-0.3, -0.25) is 0 Å². The molecule has 33 heavy (non-hydrogen) atoms. The zero-order valence-corrected chi connectivity index (χ0v) is 18.2. The predicted octanol–water partition coefficient (Wildman–Crippen LogP) is 5.29.